The van der Waals surface area contributed by atoms with Crippen LogP contribution in [0.2, 0.25) is 0 Å². The van der Waals surface area contributed by atoms with Crippen LogP contribution in [0.3, 0.4) is 0 Å². The summed E-state index contributed by atoms with van der Waals surface area (Å²) in [7, 11) is 0. The van der Waals surface area contributed by atoms with Crippen LogP contribution in [0.15, 0.2) is 132 Å². The first-order valence-corrected chi connectivity index (χ1v) is 21.7. The van der Waals surface area contributed by atoms with E-state index >= 15 is 4.79 Å². The van der Waals surface area contributed by atoms with Crippen LogP contribution in [-0.2, 0) is 33.3 Å². The first-order valence-electron chi connectivity index (χ1n) is 21.7. The zero-order valence-corrected chi connectivity index (χ0v) is 41.9. The molecule has 2 saturated carbocycles. The summed E-state index contributed by atoms with van der Waals surface area (Å²) in [6, 6.07) is 31.9. The molecule has 2 bridgehead atoms. The normalized spacial score (nSPS) is 29.3. The molecule has 15 heteroatoms. The molecule has 3 fully saturated rings. The maximum absolute atomic E-state index is 15.6. The number of carbonyl (C=O) groups excluding carboxylic acids is 5. The largest absolute Gasteiger partial charge is 0.482 e. The number of hydrogen-bond donors (Lipinski definition) is 4. The third-order valence-electron chi connectivity index (χ3n) is 14.1. The molecule has 0 spiro atoms. The van der Waals surface area contributed by atoms with Gasteiger partial charge in [0.05, 0.1) is 24.3 Å². The summed E-state index contributed by atoms with van der Waals surface area (Å²) in [6.07, 6.45) is -7.77. The van der Waals surface area contributed by atoms with E-state index in [1.165, 1.54) is 12.1 Å². The molecule has 8 unspecified atom stereocenters. The number of esters is 3. The second kappa shape index (κ2) is 19.5. The van der Waals surface area contributed by atoms with Crippen molar-refractivity contribution in [1.82, 2.24) is 5.32 Å². The van der Waals surface area contributed by atoms with Gasteiger partial charge in [-0.1, -0.05) is 106 Å². The number of ether oxygens (including phenoxy) is 5. The second-order valence-electron chi connectivity index (χ2n) is 18.2. The molecule has 0 aromatic heterocycles. The van der Waals surface area contributed by atoms with Crippen molar-refractivity contribution in [3.8, 4) is 5.75 Å². The molecule has 343 valence electrons. The summed E-state index contributed by atoms with van der Waals surface area (Å²) in [5.41, 5.74) is -6.21. The number of aliphatic hydroxyl groups excluding tert-OH is 1. The van der Waals surface area contributed by atoms with Crippen molar-refractivity contribution in [3.63, 3.8) is 0 Å². The summed E-state index contributed by atoms with van der Waals surface area (Å²) in [5, 5.41) is 40.9. The minimum atomic E-state index is -2.28. The van der Waals surface area contributed by atoms with E-state index in [1.807, 2.05) is 0 Å². The van der Waals surface area contributed by atoms with E-state index in [-0.39, 0.29) is 85.8 Å². The van der Waals surface area contributed by atoms with Crippen molar-refractivity contribution < 1.29 is 107 Å². The van der Waals surface area contributed by atoms with Gasteiger partial charge in [-0.15, -0.1) is 0 Å². The summed E-state index contributed by atoms with van der Waals surface area (Å²) in [4.78, 5) is 71.6. The fraction of sp³-hybridized carbons (Fsp3) is 0.392. The van der Waals surface area contributed by atoms with Gasteiger partial charge in [-0.3, -0.25) is 9.59 Å². The number of nitrogens with one attached hydrogen (secondary N) is 1. The van der Waals surface area contributed by atoms with E-state index in [9.17, 15) is 34.5 Å². The predicted molar refractivity (Wildman–Crippen MR) is 233 cm³/mol. The Balaban J connectivity index is 0.00000648. The smallest absolute Gasteiger partial charge is 0.345 e. The SMILES string of the molecule is CC1=C2C(OC(=O)COc3ccccc3)C(=O)[C@]3(C)CCC4OCC4(O)C3[C@H](OC(=O)c3ccccc3)C(O)(CC1OC(=O)C(O)C(NC(=O)c1ccccc1)c1ccccc1)C2(C)C.[Ac]. The Morgan fingerprint density at radius 2 is 1.38 bits per heavy atom. The summed E-state index contributed by atoms with van der Waals surface area (Å²) in [6.45, 7) is 5.58. The van der Waals surface area contributed by atoms with E-state index in [1.54, 1.807) is 137 Å². The van der Waals surface area contributed by atoms with Crippen LogP contribution in [0.4, 0.5) is 0 Å². The van der Waals surface area contributed by atoms with Crippen LogP contribution in [0, 0.1) is 60.8 Å². The van der Waals surface area contributed by atoms with Gasteiger partial charge in [0.25, 0.3) is 5.91 Å². The molecule has 14 nitrogen and oxygen atoms in total. The molecule has 1 heterocycles. The van der Waals surface area contributed by atoms with Gasteiger partial charge < -0.3 is 44.3 Å². The quantitative estimate of drug-likeness (QED) is 0.0815. The van der Waals surface area contributed by atoms with Crippen LogP contribution in [0.25, 0.3) is 0 Å². The Bertz CT molecular complexity index is 2470. The molecule has 4 aromatic rings. The van der Waals surface area contributed by atoms with E-state index in [4.69, 9.17) is 23.7 Å². The molecule has 4 aromatic carbocycles. The van der Waals surface area contributed by atoms with Crippen molar-refractivity contribution in [2.24, 2.45) is 16.7 Å². The summed E-state index contributed by atoms with van der Waals surface area (Å²) >= 11 is 0. The Labute approximate surface area is 418 Å². The number of ketones is 1. The molecule has 1 aliphatic heterocycles. The number of rotatable bonds is 12. The number of Topliss-reactive ketones (excluding diaryl/α,β-unsaturated/α-hetero) is 1. The summed E-state index contributed by atoms with van der Waals surface area (Å²) < 4.78 is 30.3. The molecule has 3 aliphatic carbocycles. The van der Waals surface area contributed by atoms with Gasteiger partial charge in [-0.25, -0.2) is 14.4 Å². The van der Waals surface area contributed by atoms with Gasteiger partial charge in [0.2, 0.25) is 0 Å². The third-order valence-corrected chi connectivity index (χ3v) is 14.1. The van der Waals surface area contributed by atoms with Crippen molar-refractivity contribution in [3.05, 3.63) is 149 Å². The molecule has 1 amide bonds. The first-order chi connectivity index (χ1) is 31.0. The third kappa shape index (κ3) is 8.91. The molecule has 10 atom stereocenters. The van der Waals surface area contributed by atoms with Crippen molar-refractivity contribution in [2.75, 3.05) is 13.2 Å². The van der Waals surface area contributed by atoms with Gasteiger partial charge in [0, 0.05) is 72.8 Å². The summed E-state index contributed by atoms with van der Waals surface area (Å²) in [5.74, 6) is -5.15. The van der Waals surface area contributed by atoms with E-state index in [0.717, 1.165) is 0 Å². The van der Waals surface area contributed by atoms with Gasteiger partial charge in [-0.2, -0.15) is 0 Å². The Morgan fingerprint density at radius 1 is 0.803 bits per heavy atom. The van der Waals surface area contributed by atoms with Crippen LogP contribution in [-0.4, -0.2) is 99.9 Å². The molecule has 66 heavy (non-hydrogen) atoms. The molecule has 8 rings (SSSR count). The van der Waals surface area contributed by atoms with E-state index < -0.39 is 107 Å². The number of hydrogen-bond acceptors (Lipinski definition) is 13. The van der Waals surface area contributed by atoms with Gasteiger partial charge >= 0.3 is 17.9 Å². The number of amides is 1. The zero-order chi connectivity index (χ0) is 46.3. The predicted octanol–water partition coefficient (Wildman–Crippen LogP) is 5.25. The van der Waals surface area contributed by atoms with Crippen molar-refractivity contribution in [2.45, 2.75) is 94.7 Å². The minimum Gasteiger partial charge on any atom is -0.482 e. The fourth-order valence-electron chi connectivity index (χ4n) is 10.5. The maximum atomic E-state index is 15.6. The van der Waals surface area contributed by atoms with E-state index in [0.29, 0.717) is 11.3 Å². The minimum absolute atomic E-state index is 0. The Kier molecular flexibility index (Phi) is 14.5. The monoisotopic (exact) mass is 1110 g/mol. The topological polar surface area (TPSA) is 204 Å². The van der Waals surface area contributed by atoms with Crippen LogP contribution in [0.5, 0.6) is 5.75 Å². The van der Waals surface area contributed by atoms with Crippen LogP contribution in [0.1, 0.15) is 79.3 Å². The zero-order valence-electron chi connectivity index (χ0n) is 37.1. The van der Waals surface area contributed by atoms with E-state index in [2.05, 4.69) is 5.32 Å². The fourth-order valence-corrected chi connectivity index (χ4v) is 10.5. The second-order valence-corrected chi connectivity index (χ2v) is 18.2. The molecule has 1 saturated heterocycles. The number of benzene rings is 4. The average Bonchev–Trinajstić information content (AvgIpc) is 3.30. The molecule has 4 N–H and O–H groups in total. The first kappa shape index (κ1) is 49.2. The van der Waals surface area contributed by atoms with Crippen LogP contribution >= 0.6 is 0 Å². The molecular weight excluding hydrogens is 1060 g/mol. The average molecular weight is 1110 g/mol. The molecule has 1 radical (unpaired) electrons. The van der Waals surface area contributed by atoms with Gasteiger partial charge in [0.1, 0.15) is 29.2 Å². The molecule has 4 aliphatic rings. The number of aliphatic hydroxyl groups is 3. The maximum Gasteiger partial charge on any atom is 0.345 e. The van der Waals surface area contributed by atoms with Crippen molar-refractivity contribution in [1.29, 1.82) is 0 Å². The van der Waals surface area contributed by atoms with Gasteiger partial charge in [-0.05, 0) is 72.9 Å². The van der Waals surface area contributed by atoms with Gasteiger partial charge in [0.15, 0.2) is 24.6 Å². The molecular formula is C51H53AcNO13. The van der Waals surface area contributed by atoms with Crippen LogP contribution < -0.4 is 10.1 Å². The number of carbonyl (C=O) groups is 5. The Morgan fingerprint density at radius 3 is 1.97 bits per heavy atom. The standard InChI is InChI=1S/C51H53NO13.Ac/c1-30-35(63-47(58)40(54)39(31-17-9-5-10-18-31)52-45(56)32-19-11-6-12-20-32)27-51(60)44(65-46(57)33-21-13-7-14-22-33)42-49(4,26-25-36-50(42,59)29-62-36)43(55)41(38(30)48(51,2)3)64-37(53)28-61-34-23-15-8-16-24-34;/h5-24,35-36,39-42,44,54,59-60H,25-29H2,1-4H3,(H,52,56);/t35?,36?,39?,40?,41?,42?,44-,49+,50?,51?;/m0./s1. The Hall–Kier alpha value is -4.75. The van der Waals surface area contributed by atoms with Crippen molar-refractivity contribution >= 4 is 29.6 Å². The number of para-hydroxylation sites is 1. The number of fused-ring (bicyclic) bond motifs is 5.